The van der Waals surface area contributed by atoms with E-state index in [9.17, 15) is 38.6 Å². The van der Waals surface area contributed by atoms with E-state index in [-0.39, 0.29) is 75.4 Å². The van der Waals surface area contributed by atoms with Crippen LogP contribution >= 0.6 is 0 Å². The molecule has 298 valence electrons. The highest BCUT2D eigenvalue weighted by Crippen LogP contribution is 2.46. The Bertz CT molecular complexity index is 1940. The Labute approximate surface area is 318 Å². The van der Waals surface area contributed by atoms with Gasteiger partial charge in [0.25, 0.3) is 0 Å². The molecular weight excluding hydrogens is 719 g/mol. The van der Waals surface area contributed by atoms with Gasteiger partial charge >= 0.3 is 12.1 Å². The third kappa shape index (κ3) is 8.83. The van der Waals surface area contributed by atoms with E-state index in [1.165, 1.54) is 24.1 Å². The molecule has 0 spiro atoms. The minimum Gasteiger partial charge on any atom is -0.494 e. The highest BCUT2D eigenvalue weighted by Gasteiger charge is 2.49. The van der Waals surface area contributed by atoms with Gasteiger partial charge in [0.2, 0.25) is 17.7 Å². The molecule has 4 amide bonds. The number of cyclic esters (lactones) is 1. The quantitative estimate of drug-likeness (QED) is 0.175. The van der Waals surface area contributed by atoms with Gasteiger partial charge in [0.1, 0.15) is 12.2 Å². The van der Waals surface area contributed by atoms with Gasteiger partial charge in [-0.2, -0.15) is 0 Å². The Kier molecular flexibility index (Phi) is 12.3. The van der Waals surface area contributed by atoms with Crippen molar-refractivity contribution in [3.8, 4) is 5.75 Å². The molecule has 1 aromatic heterocycles. The van der Waals surface area contributed by atoms with Crippen LogP contribution in [0, 0.1) is 5.82 Å². The topological polar surface area (TPSA) is 209 Å². The number of carbonyl (C=O) groups is 5. The fourth-order valence-electron chi connectivity index (χ4n) is 6.73. The Morgan fingerprint density at radius 3 is 2.45 bits per heavy atom. The molecule has 3 aliphatic heterocycles. The van der Waals surface area contributed by atoms with Crippen molar-refractivity contribution in [1.82, 2.24) is 30.7 Å². The summed E-state index contributed by atoms with van der Waals surface area (Å²) in [5.74, 6) is -2.99. The first-order chi connectivity index (χ1) is 26.0. The fourth-order valence-corrected chi connectivity index (χ4v) is 6.73. The predicted octanol–water partition coefficient (Wildman–Crippen LogP) is 2.14. The van der Waals surface area contributed by atoms with Crippen LogP contribution in [-0.4, -0.2) is 112 Å². The van der Waals surface area contributed by atoms with Gasteiger partial charge in [-0.1, -0.05) is 13.8 Å². The summed E-state index contributed by atoms with van der Waals surface area (Å²) >= 11 is 0. The van der Waals surface area contributed by atoms with E-state index < -0.39 is 53.0 Å². The van der Waals surface area contributed by atoms with Crippen LogP contribution in [0.2, 0.25) is 0 Å². The summed E-state index contributed by atoms with van der Waals surface area (Å²) in [6.45, 7) is 9.21. The second-order valence-corrected chi connectivity index (χ2v) is 14.6. The normalized spacial score (nSPS) is 18.8. The summed E-state index contributed by atoms with van der Waals surface area (Å²) in [4.78, 5) is 70.8. The Hall–Kier alpha value is -5.29. The Morgan fingerprint density at radius 2 is 1.80 bits per heavy atom. The molecule has 1 aromatic carbocycles. The molecule has 0 radical (unpaired) electrons. The maximum atomic E-state index is 14.9. The number of benzene rings is 1. The lowest BCUT2D eigenvalue weighted by atomic mass is 9.82. The van der Waals surface area contributed by atoms with E-state index in [4.69, 9.17) is 19.2 Å². The summed E-state index contributed by atoms with van der Waals surface area (Å²) in [5.41, 5.74) is 0.110. The molecule has 0 aliphatic carbocycles. The summed E-state index contributed by atoms with van der Waals surface area (Å²) in [7, 11) is 1.32. The molecule has 2 atom stereocenters. The molecule has 5 rings (SSSR count). The van der Waals surface area contributed by atoms with Crippen molar-refractivity contribution in [2.24, 2.45) is 0 Å². The molecule has 0 bridgehead atoms. The van der Waals surface area contributed by atoms with Gasteiger partial charge in [0.05, 0.1) is 30.6 Å². The monoisotopic (exact) mass is 768 g/mol. The second kappa shape index (κ2) is 16.6. The summed E-state index contributed by atoms with van der Waals surface area (Å²) in [6, 6.07) is 2.67. The number of methoxy groups -OCH3 is 1. The molecule has 2 aromatic rings. The standard InChI is InChI=1S/C38H49FN6O10/c1-7-12-44(36(51)55-37(3,4)5)13-11-40-30(46)9-10-31(47)42-18-32(48)41-17-22-21-14-29(53-6)26(39)16-27(21)43-33-23(22)19-45-28(33)15-25-24(34(45)49)20-54-35(50)38(25,52)8-2/h14-16,34,49,52H,7-13,17-20H2,1-6H3,(H,40,46)(H,41,48)(H,42,47)/t34?,38-/m0/s1. The average Bonchev–Trinajstić information content (AvgIpc) is 3.50. The van der Waals surface area contributed by atoms with Crippen molar-refractivity contribution < 1.29 is 52.8 Å². The lowest BCUT2D eigenvalue weighted by molar-refractivity contribution is -0.164. The molecule has 3 aliphatic rings. The zero-order valence-corrected chi connectivity index (χ0v) is 32.0. The van der Waals surface area contributed by atoms with E-state index in [0.717, 1.165) is 0 Å². The number of hydrogen-bond acceptors (Lipinski definition) is 12. The second-order valence-electron chi connectivity index (χ2n) is 14.6. The third-order valence-electron chi connectivity index (χ3n) is 9.58. The molecular formula is C38H49FN6O10. The van der Waals surface area contributed by atoms with Crippen LogP contribution in [0.1, 0.15) is 77.1 Å². The predicted molar refractivity (Wildman–Crippen MR) is 196 cm³/mol. The smallest absolute Gasteiger partial charge is 0.410 e. The van der Waals surface area contributed by atoms with Crippen molar-refractivity contribution >= 4 is 46.4 Å². The maximum Gasteiger partial charge on any atom is 0.410 e. The number of esters is 1. The Morgan fingerprint density at radius 1 is 1.09 bits per heavy atom. The van der Waals surface area contributed by atoms with Crippen molar-refractivity contribution in [3.63, 3.8) is 0 Å². The molecule has 16 nitrogen and oxygen atoms in total. The van der Waals surface area contributed by atoms with Gasteiger partial charge in [0, 0.05) is 73.7 Å². The van der Waals surface area contributed by atoms with Crippen LogP contribution < -0.4 is 20.7 Å². The van der Waals surface area contributed by atoms with Gasteiger partial charge in [-0.3, -0.25) is 14.4 Å². The number of amides is 4. The minimum absolute atomic E-state index is 0.000553. The zero-order valence-electron chi connectivity index (χ0n) is 32.0. The number of ether oxygens (including phenoxy) is 3. The van der Waals surface area contributed by atoms with E-state index in [1.807, 2.05) is 6.92 Å². The van der Waals surface area contributed by atoms with E-state index in [1.54, 1.807) is 38.7 Å². The lowest BCUT2D eigenvalue weighted by Gasteiger charge is -2.40. The van der Waals surface area contributed by atoms with Crippen LogP contribution in [0.4, 0.5) is 9.18 Å². The van der Waals surface area contributed by atoms with Crippen LogP contribution in [-0.2, 0) is 41.7 Å². The number of nitrogens with one attached hydrogen (secondary N) is 3. The van der Waals surface area contributed by atoms with Crippen LogP contribution in [0.5, 0.6) is 5.75 Å². The number of carbonyl (C=O) groups excluding carboxylic acids is 5. The summed E-state index contributed by atoms with van der Waals surface area (Å²) in [6.07, 6.45) is 0.264. The van der Waals surface area contributed by atoms with E-state index in [0.29, 0.717) is 46.4 Å². The zero-order chi connectivity index (χ0) is 40.2. The number of aromatic nitrogens is 1. The highest BCUT2D eigenvalue weighted by atomic mass is 19.1. The number of rotatable bonds is 14. The van der Waals surface area contributed by atoms with Crippen molar-refractivity contribution in [2.45, 2.75) is 90.8 Å². The molecule has 4 heterocycles. The first-order valence-corrected chi connectivity index (χ1v) is 18.3. The van der Waals surface area contributed by atoms with Gasteiger partial charge in [-0.05, 0) is 51.3 Å². The van der Waals surface area contributed by atoms with Crippen molar-refractivity contribution in [3.05, 3.63) is 52.0 Å². The average molecular weight is 769 g/mol. The van der Waals surface area contributed by atoms with Crippen molar-refractivity contribution in [2.75, 3.05) is 39.9 Å². The van der Waals surface area contributed by atoms with Gasteiger partial charge < -0.3 is 50.2 Å². The summed E-state index contributed by atoms with van der Waals surface area (Å²) < 4.78 is 30.8. The summed E-state index contributed by atoms with van der Waals surface area (Å²) in [5, 5.41) is 31.2. The number of aliphatic hydroxyl groups excluding tert-OH is 1. The van der Waals surface area contributed by atoms with Crippen molar-refractivity contribution in [1.29, 1.82) is 0 Å². The number of fused-ring (bicyclic) bond motifs is 4. The SMILES string of the molecule is CCCN(CCNC(=O)CCC(=O)NCC(=O)NCc1c2c(nc3cc(F)c(OC)cc13)C1=CC3=C(COC(=O)[C@]3(O)CC)C(O)N1C2)C(=O)OC(C)(C)C. The lowest BCUT2D eigenvalue weighted by Crippen LogP contribution is -2.50. The number of halogens is 1. The maximum absolute atomic E-state index is 14.9. The minimum atomic E-state index is -1.97. The van der Waals surface area contributed by atoms with Crippen LogP contribution in [0.25, 0.3) is 16.6 Å². The molecule has 55 heavy (non-hydrogen) atoms. The van der Waals surface area contributed by atoms with Crippen LogP contribution in [0.3, 0.4) is 0 Å². The van der Waals surface area contributed by atoms with Crippen LogP contribution in [0.15, 0.2) is 29.4 Å². The fraction of sp³-hybridized carbons (Fsp3) is 0.526. The molecule has 5 N–H and O–H groups in total. The molecule has 1 unspecified atom stereocenters. The Balaban J connectivity index is 1.22. The molecule has 0 saturated heterocycles. The van der Waals surface area contributed by atoms with E-state index >= 15 is 0 Å². The van der Waals surface area contributed by atoms with E-state index in [2.05, 4.69) is 16.0 Å². The molecule has 0 saturated carbocycles. The highest BCUT2D eigenvalue weighted by molar-refractivity contribution is 5.93. The van der Waals surface area contributed by atoms with Gasteiger partial charge in [-0.25, -0.2) is 19.0 Å². The van der Waals surface area contributed by atoms with Gasteiger partial charge in [0.15, 0.2) is 23.4 Å². The first kappa shape index (κ1) is 40.9. The number of hydrogen-bond donors (Lipinski definition) is 5. The number of nitrogens with zero attached hydrogens (tertiary/aromatic N) is 3. The first-order valence-electron chi connectivity index (χ1n) is 18.3. The number of pyridine rings is 1. The molecule has 17 heteroatoms. The molecule has 0 fully saturated rings. The number of aliphatic hydroxyl groups is 2. The third-order valence-corrected chi connectivity index (χ3v) is 9.58. The largest absolute Gasteiger partial charge is 0.494 e. The van der Waals surface area contributed by atoms with Gasteiger partial charge in [-0.15, -0.1) is 0 Å².